The fourth-order valence-corrected chi connectivity index (χ4v) is 2.44. The topological polar surface area (TPSA) is 77.9 Å². The number of pyridine rings is 1. The molecule has 0 unspecified atom stereocenters. The third-order valence-electron chi connectivity index (χ3n) is 3.70. The third-order valence-corrected chi connectivity index (χ3v) is 3.70. The van der Waals surface area contributed by atoms with Gasteiger partial charge in [-0.15, -0.1) is 0 Å². The predicted molar refractivity (Wildman–Crippen MR) is 103 cm³/mol. The van der Waals surface area contributed by atoms with Crippen molar-refractivity contribution >= 4 is 6.21 Å². The van der Waals surface area contributed by atoms with E-state index < -0.39 is 0 Å². The number of H-pyrrole nitrogens is 1. The molecule has 1 aromatic carbocycles. The van der Waals surface area contributed by atoms with E-state index in [1.165, 1.54) is 6.20 Å². The Morgan fingerprint density at radius 3 is 2.93 bits per heavy atom. The number of allylic oxidation sites excluding steroid dienone is 2. The van der Waals surface area contributed by atoms with E-state index in [9.17, 15) is 5.26 Å². The molecule has 0 saturated heterocycles. The summed E-state index contributed by atoms with van der Waals surface area (Å²) in [7, 11) is 0. The van der Waals surface area contributed by atoms with E-state index in [1.807, 2.05) is 48.1 Å². The van der Waals surface area contributed by atoms with Crippen LogP contribution in [0, 0.1) is 11.3 Å². The van der Waals surface area contributed by atoms with Crippen molar-refractivity contribution in [3.05, 3.63) is 85.0 Å². The molecule has 0 atom stereocenters. The molecule has 6 heteroatoms. The number of aliphatic imine (C=N–C) groups is 1. The Labute approximate surface area is 157 Å². The highest BCUT2D eigenvalue weighted by Gasteiger charge is 2.15. The van der Waals surface area contributed by atoms with Gasteiger partial charge in [-0.25, -0.2) is 0 Å². The minimum Gasteiger partial charge on any atom is -0.456 e. The van der Waals surface area contributed by atoms with Crippen LogP contribution in [0.15, 0.2) is 84.5 Å². The Morgan fingerprint density at radius 2 is 2.22 bits per heavy atom. The fraction of sp³-hybridized carbons (Fsp3) is 0.0476. The van der Waals surface area contributed by atoms with Crippen molar-refractivity contribution in [1.29, 1.82) is 5.26 Å². The van der Waals surface area contributed by atoms with Crippen molar-refractivity contribution < 1.29 is 9.42 Å². The van der Waals surface area contributed by atoms with Crippen LogP contribution < -0.4 is 9.42 Å². The molecule has 0 fully saturated rings. The van der Waals surface area contributed by atoms with Crippen molar-refractivity contribution in [3.8, 4) is 28.9 Å². The number of hydrogen-bond donors (Lipinski definition) is 1. The standard InChI is InChI=1S/C21H17N5O/c1-3-18(15-23-4-2)27-19-12-16(14-22)11-17(13-19)26-10-8-21(25-26)20-7-5-6-9-24-20/h3-13,15H,2H2,1H3/p+1/b18-3+,23-15?. The van der Waals surface area contributed by atoms with Gasteiger partial charge in [-0.05, 0) is 31.2 Å². The van der Waals surface area contributed by atoms with Crippen LogP contribution in [0.25, 0.3) is 17.1 Å². The van der Waals surface area contributed by atoms with Crippen LogP contribution in [-0.4, -0.2) is 16.3 Å². The molecule has 0 aliphatic rings. The van der Waals surface area contributed by atoms with Crippen LogP contribution in [0.2, 0.25) is 0 Å². The minimum absolute atomic E-state index is 0.486. The maximum atomic E-state index is 9.36. The zero-order chi connectivity index (χ0) is 19.1. The molecule has 6 nitrogen and oxygen atoms in total. The number of aromatic amines is 1. The summed E-state index contributed by atoms with van der Waals surface area (Å²) in [4.78, 5) is 8.30. The van der Waals surface area contributed by atoms with E-state index >= 15 is 0 Å². The van der Waals surface area contributed by atoms with Gasteiger partial charge < -0.3 is 4.74 Å². The molecule has 3 aromatic rings. The zero-order valence-corrected chi connectivity index (χ0v) is 14.8. The number of nitriles is 1. The zero-order valence-electron chi connectivity index (χ0n) is 14.8. The summed E-state index contributed by atoms with van der Waals surface area (Å²) in [5.41, 5.74) is 2.95. The van der Waals surface area contributed by atoms with Crippen molar-refractivity contribution in [2.75, 3.05) is 0 Å². The monoisotopic (exact) mass is 356 g/mol. The smallest absolute Gasteiger partial charge is 0.240 e. The molecular weight excluding hydrogens is 338 g/mol. The van der Waals surface area contributed by atoms with Crippen LogP contribution in [0.3, 0.4) is 0 Å². The SMILES string of the molecule is C=CN=C/C(=C\C)Oc1cc(C#N)cc(-[n+]2ccc(-c3ccccn3)[nH]2)c1. The molecule has 0 aliphatic heterocycles. The Kier molecular flexibility index (Phi) is 5.55. The molecular formula is C21H18N5O+. The first-order chi connectivity index (χ1) is 13.2. The van der Waals surface area contributed by atoms with Gasteiger partial charge in [0.1, 0.15) is 17.2 Å². The molecule has 132 valence electrons. The first-order valence-electron chi connectivity index (χ1n) is 8.29. The van der Waals surface area contributed by atoms with Gasteiger partial charge in [0.05, 0.1) is 29.6 Å². The number of nitrogens with zero attached hydrogens (tertiary/aromatic N) is 4. The number of nitrogens with one attached hydrogen (secondary N) is 1. The number of hydrogen-bond acceptors (Lipinski definition) is 4. The number of rotatable bonds is 6. The lowest BCUT2D eigenvalue weighted by Crippen LogP contribution is -2.31. The lowest BCUT2D eigenvalue weighted by molar-refractivity contribution is -0.654. The molecule has 2 heterocycles. The first-order valence-corrected chi connectivity index (χ1v) is 8.29. The van der Waals surface area contributed by atoms with E-state index in [0.717, 1.165) is 17.1 Å². The van der Waals surface area contributed by atoms with Gasteiger partial charge >= 0.3 is 0 Å². The lowest BCUT2D eigenvalue weighted by atomic mass is 10.2. The third kappa shape index (κ3) is 4.35. The van der Waals surface area contributed by atoms with Crippen LogP contribution in [0.5, 0.6) is 5.75 Å². The summed E-state index contributed by atoms with van der Waals surface area (Å²) in [6.45, 7) is 5.39. The fourth-order valence-electron chi connectivity index (χ4n) is 2.44. The second-order valence-electron chi connectivity index (χ2n) is 5.51. The summed E-state index contributed by atoms with van der Waals surface area (Å²) < 4.78 is 7.65. The molecule has 3 rings (SSSR count). The Morgan fingerprint density at radius 1 is 1.33 bits per heavy atom. The van der Waals surface area contributed by atoms with Gasteiger partial charge in [-0.1, -0.05) is 17.3 Å². The second kappa shape index (κ2) is 8.41. The van der Waals surface area contributed by atoms with Gasteiger partial charge in [0.2, 0.25) is 11.9 Å². The lowest BCUT2D eigenvalue weighted by Gasteiger charge is -2.06. The van der Waals surface area contributed by atoms with Gasteiger partial charge in [-0.2, -0.15) is 10.4 Å². The number of aromatic nitrogens is 3. The molecule has 0 saturated carbocycles. The Balaban J connectivity index is 1.95. The van der Waals surface area contributed by atoms with E-state index in [-0.39, 0.29) is 0 Å². The van der Waals surface area contributed by atoms with E-state index in [0.29, 0.717) is 17.1 Å². The normalized spacial score (nSPS) is 11.3. The largest absolute Gasteiger partial charge is 0.456 e. The van der Waals surface area contributed by atoms with Crippen LogP contribution >= 0.6 is 0 Å². The average molecular weight is 356 g/mol. The van der Waals surface area contributed by atoms with E-state index in [1.54, 1.807) is 30.6 Å². The summed E-state index contributed by atoms with van der Waals surface area (Å²) in [6.07, 6.45) is 8.39. The van der Waals surface area contributed by atoms with Crippen molar-refractivity contribution in [3.63, 3.8) is 0 Å². The van der Waals surface area contributed by atoms with E-state index in [2.05, 4.69) is 27.7 Å². The number of ether oxygens (including phenoxy) is 1. The highest BCUT2D eigenvalue weighted by molar-refractivity contribution is 5.77. The van der Waals surface area contributed by atoms with Gasteiger partial charge in [0, 0.05) is 24.5 Å². The molecule has 0 amide bonds. The van der Waals surface area contributed by atoms with Gasteiger partial charge in [-0.3, -0.25) is 9.98 Å². The highest BCUT2D eigenvalue weighted by atomic mass is 16.5. The summed E-state index contributed by atoms with van der Waals surface area (Å²) in [5, 5.41) is 12.6. The molecule has 0 radical (unpaired) electrons. The maximum Gasteiger partial charge on any atom is 0.240 e. The van der Waals surface area contributed by atoms with Crippen LogP contribution in [-0.2, 0) is 0 Å². The van der Waals surface area contributed by atoms with Crippen molar-refractivity contribution in [1.82, 2.24) is 10.1 Å². The maximum absolute atomic E-state index is 9.36. The number of benzene rings is 1. The molecule has 2 aromatic heterocycles. The summed E-state index contributed by atoms with van der Waals surface area (Å²) >= 11 is 0. The first kappa shape index (κ1) is 17.8. The minimum atomic E-state index is 0.486. The van der Waals surface area contributed by atoms with E-state index in [4.69, 9.17) is 4.74 Å². The Bertz CT molecular complexity index is 1040. The van der Waals surface area contributed by atoms with Crippen LogP contribution in [0.1, 0.15) is 12.5 Å². The molecule has 27 heavy (non-hydrogen) atoms. The second-order valence-corrected chi connectivity index (χ2v) is 5.51. The van der Waals surface area contributed by atoms with Crippen molar-refractivity contribution in [2.45, 2.75) is 6.92 Å². The summed E-state index contributed by atoms with van der Waals surface area (Å²) in [6, 6.07) is 15.1. The average Bonchev–Trinajstić information content (AvgIpc) is 3.22. The Hall–Kier alpha value is -3.98. The molecule has 0 spiro atoms. The van der Waals surface area contributed by atoms with Crippen molar-refractivity contribution in [2.24, 2.45) is 4.99 Å². The molecule has 1 N–H and O–H groups in total. The molecule has 0 bridgehead atoms. The highest BCUT2D eigenvalue weighted by Crippen LogP contribution is 2.20. The predicted octanol–water partition coefficient (Wildman–Crippen LogP) is 3.72. The van der Waals surface area contributed by atoms with Crippen LogP contribution in [0.4, 0.5) is 0 Å². The van der Waals surface area contributed by atoms with Gasteiger partial charge in [0.15, 0.2) is 0 Å². The molecule has 0 aliphatic carbocycles. The quantitative estimate of drug-likeness (QED) is 0.415. The van der Waals surface area contributed by atoms with Gasteiger partial charge in [0.25, 0.3) is 0 Å². The summed E-state index contributed by atoms with van der Waals surface area (Å²) in [5.74, 6) is 1.09.